The number of hydrogen-bond donors (Lipinski definition) is 2. The van der Waals surface area contributed by atoms with E-state index in [9.17, 15) is 4.79 Å². The maximum absolute atomic E-state index is 12.2. The van der Waals surface area contributed by atoms with E-state index >= 15 is 0 Å². The largest absolute Gasteiger partial charge is 0.384 e. The van der Waals surface area contributed by atoms with Gasteiger partial charge in [0.25, 0.3) is 5.91 Å². The van der Waals surface area contributed by atoms with E-state index < -0.39 is 0 Å². The number of rotatable bonds is 3. The smallest absolute Gasteiger partial charge is 0.252 e. The average molecular weight is 309 g/mol. The van der Waals surface area contributed by atoms with E-state index in [4.69, 9.17) is 5.11 Å². The number of carbonyl (C=O) groups excluding carboxylic acids is 1. The second-order valence-electron chi connectivity index (χ2n) is 4.85. The van der Waals surface area contributed by atoms with Gasteiger partial charge in [0.15, 0.2) is 0 Å². The van der Waals surface area contributed by atoms with E-state index in [0.717, 1.165) is 17.7 Å². The van der Waals surface area contributed by atoms with Gasteiger partial charge in [0.05, 0.1) is 10.4 Å². The Morgan fingerprint density at radius 2 is 2.45 bits per heavy atom. The SMILES string of the molecule is CSC1CCCC(NC(=O)c2csc(C#CCO)c2)C1. The highest BCUT2D eigenvalue weighted by atomic mass is 32.2. The molecule has 20 heavy (non-hydrogen) atoms. The molecule has 2 rings (SSSR count). The fourth-order valence-corrected chi connectivity index (χ4v) is 3.99. The van der Waals surface area contributed by atoms with Crippen LogP contribution in [0.4, 0.5) is 0 Å². The fourth-order valence-electron chi connectivity index (χ4n) is 2.41. The molecule has 1 aromatic rings. The number of thioether (sulfide) groups is 1. The molecule has 0 radical (unpaired) electrons. The van der Waals surface area contributed by atoms with Crippen LogP contribution in [0, 0.1) is 11.8 Å². The Labute approximate surface area is 128 Å². The summed E-state index contributed by atoms with van der Waals surface area (Å²) in [5, 5.41) is 14.3. The Morgan fingerprint density at radius 1 is 1.60 bits per heavy atom. The van der Waals surface area contributed by atoms with Crippen molar-refractivity contribution >= 4 is 29.0 Å². The Bertz CT molecular complexity index is 515. The van der Waals surface area contributed by atoms with Crippen molar-refractivity contribution in [1.82, 2.24) is 5.32 Å². The van der Waals surface area contributed by atoms with Crippen molar-refractivity contribution in [2.24, 2.45) is 0 Å². The molecule has 108 valence electrons. The maximum Gasteiger partial charge on any atom is 0.252 e. The van der Waals surface area contributed by atoms with Crippen molar-refractivity contribution in [2.75, 3.05) is 12.9 Å². The zero-order valence-electron chi connectivity index (χ0n) is 11.5. The van der Waals surface area contributed by atoms with Gasteiger partial charge in [0.1, 0.15) is 6.61 Å². The highest BCUT2D eigenvalue weighted by molar-refractivity contribution is 7.99. The van der Waals surface area contributed by atoms with Gasteiger partial charge in [-0.15, -0.1) is 11.3 Å². The van der Waals surface area contributed by atoms with Crippen LogP contribution < -0.4 is 5.32 Å². The van der Waals surface area contributed by atoms with Crippen LogP contribution in [-0.2, 0) is 0 Å². The normalized spacial score (nSPS) is 21.9. The Kier molecular flexibility index (Phi) is 5.96. The first kappa shape index (κ1) is 15.4. The van der Waals surface area contributed by atoms with Crippen LogP contribution in [0.5, 0.6) is 0 Å². The minimum atomic E-state index is -0.155. The summed E-state index contributed by atoms with van der Waals surface area (Å²) in [6.07, 6.45) is 6.72. The molecular weight excluding hydrogens is 290 g/mol. The molecule has 0 aliphatic heterocycles. The van der Waals surface area contributed by atoms with E-state index in [1.165, 1.54) is 24.2 Å². The number of hydrogen-bond acceptors (Lipinski definition) is 4. The predicted octanol–water partition coefficient (Wildman–Crippen LogP) is 2.50. The lowest BCUT2D eigenvalue weighted by atomic mass is 9.95. The van der Waals surface area contributed by atoms with E-state index in [-0.39, 0.29) is 12.5 Å². The lowest BCUT2D eigenvalue weighted by Gasteiger charge is -2.28. The lowest BCUT2D eigenvalue weighted by Crippen LogP contribution is -2.38. The summed E-state index contributed by atoms with van der Waals surface area (Å²) in [6, 6.07) is 2.08. The summed E-state index contributed by atoms with van der Waals surface area (Å²) >= 11 is 3.33. The van der Waals surface area contributed by atoms with Crippen molar-refractivity contribution in [3.63, 3.8) is 0 Å². The number of aliphatic hydroxyl groups excluding tert-OH is 1. The molecule has 1 aromatic heterocycles. The first-order valence-electron chi connectivity index (χ1n) is 6.75. The molecule has 2 atom stereocenters. The number of amides is 1. The molecule has 2 N–H and O–H groups in total. The van der Waals surface area contributed by atoms with Gasteiger partial charge < -0.3 is 10.4 Å². The molecule has 1 aliphatic carbocycles. The Hall–Kier alpha value is -0.960. The number of carbonyl (C=O) groups is 1. The van der Waals surface area contributed by atoms with Crippen LogP contribution in [0.3, 0.4) is 0 Å². The molecule has 2 unspecified atom stereocenters. The molecule has 3 nitrogen and oxygen atoms in total. The van der Waals surface area contributed by atoms with Gasteiger partial charge in [-0.3, -0.25) is 4.79 Å². The summed E-state index contributed by atoms with van der Waals surface area (Å²) in [5.74, 6) is 5.41. The van der Waals surface area contributed by atoms with Gasteiger partial charge in [-0.2, -0.15) is 11.8 Å². The van der Waals surface area contributed by atoms with E-state index in [1.54, 1.807) is 6.07 Å². The minimum absolute atomic E-state index is 0.00921. The summed E-state index contributed by atoms with van der Waals surface area (Å²) in [5.41, 5.74) is 0.670. The molecule has 1 saturated carbocycles. The standard InChI is InChI=1S/C15H19NO2S2/c1-19-13-5-2-4-12(9-13)16-15(18)11-8-14(20-10-11)6-3-7-17/h8,10,12-13,17H,2,4-5,7,9H2,1H3,(H,16,18). The third-order valence-electron chi connectivity index (χ3n) is 3.45. The Morgan fingerprint density at radius 3 is 3.20 bits per heavy atom. The van der Waals surface area contributed by atoms with Crippen molar-refractivity contribution in [3.05, 3.63) is 21.9 Å². The van der Waals surface area contributed by atoms with E-state index in [1.807, 2.05) is 17.1 Å². The van der Waals surface area contributed by atoms with Gasteiger partial charge in [-0.05, 0) is 31.6 Å². The lowest BCUT2D eigenvalue weighted by molar-refractivity contribution is 0.0929. The van der Waals surface area contributed by atoms with Crippen molar-refractivity contribution in [1.29, 1.82) is 0 Å². The zero-order valence-corrected chi connectivity index (χ0v) is 13.1. The summed E-state index contributed by atoms with van der Waals surface area (Å²) in [7, 11) is 0. The molecule has 1 aliphatic rings. The highest BCUT2D eigenvalue weighted by Gasteiger charge is 2.23. The van der Waals surface area contributed by atoms with Crippen LogP contribution >= 0.6 is 23.1 Å². The molecule has 0 bridgehead atoms. The molecule has 0 saturated heterocycles. The third kappa shape index (κ3) is 4.27. The molecule has 1 amide bonds. The maximum atomic E-state index is 12.2. The van der Waals surface area contributed by atoms with Crippen LogP contribution in [0.25, 0.3) is 0 Å². The molecule has 0 spiro atoms. The second-order valence-corrected chi connectivity index (χ2v) is 6.90. The number of thiophene rings is 1. The first-order chi connectivity index (χ1) is 9.72. The van der Waals surface area contributed by atoms with Gasteiger partial charge in [-0.1, -0.05) is 18.3 Å². The van der Waals surface area contributed by atoms with Crippen LogP contribution in [0.2, 0.25) is 0 Å². The van der Waals surface area contributed by atoms with Gasteiger partial charge in [0, 0.05) is 16.7 Å². The predicted molar refractivity (Wildman–Crippen MR) is 85.3 cm³/mol. The second kappa shape index (κ2) is 7.72. The van der Waals surface area contributed by atoms with Gasteiger partial charge in [0.2, 0.25) is 0 Å². The molecular formula is C15H19NO2S2. The quantitative estimate of drug-likeness (QED) is 0.844. The molecule has 5 heteroatoms. The number of aliphatic hydroxyl groups is 1. The first-order valence-corrected chi connectivity index (χ1v) is 8.91. The van der Waals surface area contributed by atoms with Crippen molar-refractivity contribution < 1.29 is 9.90 Å². The van der Waals surface area contributed by atoms with Crippen LogP contribution in [0.15, 0.2) is 11.4 Å². The average Bonchev–Trinajstić information content (AvgIpc) is 2.94. The van der Waals surface area contributed by atoms with E-state index in [0.29, 0.717) is 16.9 Å². The van der Waals surface area contributed by atoms with Gasteiger partial charge in [-0.25, -0.2) is 0 Å². The molecule has 0 aromatic carbocycles. The summed E-state index contributed by atoms with van der Waals surface area (Å²) in [6.45, 7) is -0.155. The van der Waals surface area contributed by atoms with Crippen molar-refractivity contribution in [2.45, 2.75) is 37.0 Å². The molecule has 1 fully saturated rings. The monoisotopic (exact) mass is 309 g/mol. The summed E-state index contributed by atoms with van der Waals surface area (Å²) in [4.78, 5) is 13.0. The van der Waals surface area contributed by atoms with Crippen molar-refractivity contribution in [3.8, 4) is 11.8 Å². The third-order valence-corrected chi connectivity index (χ3v) is 5.39. The van der Waals surface area contributed by atoms with Crippen LogP contribution in [-0.4, -0.2) is 35.2 Å². The highest BCUT2D eigenvalue weighted by Crippen LogP contribution is 2.27. The van der Waals surface area contributed by atoms with Gasteiger partial charge >= 0.3 is 0 Å². The van der Waals surface area contributed by atoms with E-state index in [2.05, 4.69) is 23.4 Å². The number of nitrogens with one attached hydrogen (secondary N) is 1. The molecule has 1 heterocycles. The Balaban J connectivity index is 1.92. The fraction of sp³-hybridized carbons (Fsp3) is 0.533. The minimum Gasteiger partial charge on any atom is -0.384 e. The van der Waals surface area contributed by atoms with Crippen LogP contribution in [0.1, 0.15) is 40.9 Å². The summed E-state index contributed by atoms with van der Waals surface area (Å²) < 4.78 is 0. The zero-order chi connectivity index (χ0) is 14.4. The topological polar surface area (TPSA) is 49.3 Å².